The van der Waals surface area contributed by atoms with Gasteiger partial charge in [-0.3, -0.25) is 0 Å². The van der Waals surface area contributed by atoms with E-state index >= 15 is 0 Å². The molecule has 1 aliphatic carbocycles. The van der Waals surface area contributed by atoms with E-state index in [9.17, 15) is 0 Å². The average Bonchev–Trinajstić information content (AvgIpc) is 3.26. The highest BCUT2D eigenvalue weighted by Crippen LogP contribution is 2.37. The molecule has 20 heavy (non-hydrogen) atoms. The van der Waals surface area contributed by atoms with Crippen molar-refractivity contribution in [3.8, 4) is 11.5 Å². The van der Waals surface area contributed by atoms with Crippen molar-refractivity contribution in [3.05, 3.63) is 22.2 Å². The first kappa shape index (κ1) is 16.0. The van der Waals surface area contributed by atoms with Gasteiger partial charge in [-0.15, -0.1) is 0 Å². The highest BCUT2D eigenvalue weighted by atomic mass is 79.9. The molecule has 112 valence electrons. The van der Waals surface area contributed by atoms with E-state index in [2.05, 4.69) is 40.3 Å². The van der Waals surface area contributed by atoms with E-state index < -0.39 is 0 Å². The van der Waals surface area contributed by atoms with E-state index in [1.165, 1.54) is 18.4 Å². The highest BCUT2D eigenvalue weighted by molar-refractivity contribution is 9.10. The zero-order valence-corrected chi connectivity index (χ0v) is 14.5. The molecule has 0 aliphatic heterocycles. The first-order chi connectivity index (χ1) is 9.74. The lowest BCUT2D eigenvalue weighted by Crippen LogP contribution is -2.15. The van der Waals surface area contributed by atoms with Crippen LogP contribution in [0.2, 0.25) is 0 Å². The summed E-state index contributed by atoms with van der Waals surface area (Å²) in [6.07, 6.45) is 2.60. The number of methoxy groups -OCH3 is 1. The zero-order valence-electron chi connectivity index (χ0n) is 12.1. The molecule has 1 fully saturated rings. The number of thioether (sulfide) groups is 1. The predicted molar refractivity (Wildman–Crippen MR) is 89.0 cm³/mol. The second kappa shape index (κ2) is 8.15. The van der Waals surface area contributed by atoms with Crippen LogP contribution in [0.3, 0.4) is 0 Å². The largest absolute Gasteiger partial charge is 0.493 e. The Morgan fingerprint density at radius 3 is 2.85 bits per heavy atom. The summed E-state index contributed by atoms with van der Waals surface area (Å²) in [4.78, 5) is 0. The molecule has 0 saturated heterocycles. The number of ether oxygens (including phenoxy) is 2. The Labute approximate surface area is 133 Å². The van der Waals surface area contributed by atoms with Crippen molar-refractivity contribution in [2.24, 2.45) is 0 Å². The molecule has 0 heterocycles. The second-order valence-electron chi connectivity index (χ2n) is 4.81. The van der Waals surface area contributed by atoms with Gasteiger partial charge in [-0.1, -0.05) is 6.92 Å². The summed E-state index contributed by atoms with van der Waals surface area (Å²) in [6, 6.07) is 4.88. The number of benzene rings is 1. The molecule has 3 nitrogen and oxygen atoms in total. The third kappa shape index (κ3) is 4.86. The van der Waals surface area contributed by atoms with Crippen LogP contribution >= 0.6 is 27.7 Å². The maximum Gasteiger partial charge on any atom is 0.175 e. The zero-order chi connectivity index (χ0) is 14.4. The first-order valence-corrected chi connectivity index (χ1v) is 8.99. The first-order valence-electron chi connectivity index (χ1n) is 7.05. The van der Waals surface area contributed by atoms with Gasteiger partial charge >= 0.3 is 0 Å². The molecule has 0 radical (unpaired) electrons. The summed E-state index contributed by atoms with van der Waals surface area (Å²) in [6.45, 7) is 3.74. The maximum atomic E-state index is 5.84. The van der Waals surface area contributed by atoms with Crippen molar-refractivity contribution in [2.45, 2.75) is 32.4 Å². The lowest BCUT2D eigenvalue weighted by Gasteiger charge is -2.14. The fourth-order valence-electron chi connectivity index (χ4n) is 1.91. The minimum absolute atomic E-state index is 0.702. The second-order valence-corrected chi connectivity index (χ2v) is 7.06. The average molecular weight is 360 g/mol. The molecule has 2 rings (SSSR count). The molecule has 1 aromatic carbocycles. The van der Waals surface area contributed by atoms with Gasteiger partial charge in [-0.2, -0.15) is 11.8 Å². The maximum absolute atomic E-state index is 5.84. The summed E-state index contributed by atoms with van der Waals surface area (Å²) in [5, 5.41) is 3.51. The van der Waals surface area contributed by atoms with Gasteiger partial charge < -0.3 is 14.8 Å². The molecule has 0 atom stereocenters. The third-order valence-corrected chi connectivity index (χ3v) is 4.59. The molecule has 1 aliphatic rings. The van der Waals surface area contributed by atoms with Crippen LogP contribution in [0, 0.1) is 0 Å². The third-order valence-electron chi connectivity index (χ3n) is 3.14. The van der Waals surface area contributed by atoms with Gasteiger partial charge in [0.05, 0.1) is 18.2 Å². The van der Waals surface area contributed by atoms with E-state index in [-0.39, 0.29) is 0 Å². The molecule has 0 unspecified atom stereocenters. The molecule has 1 aromatic rings. The molecule has 0 aromatic heterocycles. The number of rotatable bonds is 9. The van der Waals surface area contributed by atoms with Crippen molar-refractivity contribution in [2.75, 3.05) is 25.2 Å². The Hall–Kier alpha value is -0.390. The van der Waals surface area contributed by atoms with Crippen LogP contribution in [0.4, 0.5) is 0 Å². The predicted octanol–water partition coefficient (Wildman–Crippen LogP) is 3.84. The molecule has 0 spiro atoms. The van der Waals surface area contributed by atoms with Crippen LogP contribution in [-0.2, 0) is 6.54 Å². The van der Waals surface area contributed by atoms with Crippen molar-refractivity contribution in [1.29, 1.82) is 0 Å². The molecule has 5 heteroatoms. The summed E-state index contributed by atoms with van der Waals surface area (Å²) >= 11 is 5.47. The normalized spacial score (nSPS) is 14.3. The Bertz CT molecular complexity index is 438. The Morgan fingerprint density at radius 2 is 2.20 bits per heavy atom. The lowest BCUT2D eigenvalue weighted by molar-refractivity contribution is 0.311. The van der Waals surface area contributed by atoms with E-state index in [0.717, 1.165) is 34.0 Å². The number of hydrogen-bond acceptors (Lipinski definition) is 4. The number of hydrogen-bond donors (Lipinski definition) is 1. The summed E-state index contributed by atoms with van der Waals surface area (Å²) in [7, 11) is 1.69. The Kier molecular flexibility index (Phi) is 6.52. The Balaban J connectivity index is 1.98. The van der Waals surface area contributed by atoms with Gasteiger partial charge in [0, 0.05) is 18.3 Å². The topological polar surface area (TPSA) is 30.5 Å². The SMILES string of the molecule is CCSCCOc1c(Br)cc(CNC2CC2)cc1OC. The summed E-state index contributed by atoms with van der Waals surface area (Å²) in [5.74, 6) is 3.72. The van der Waals surface area contributed by atoms with Crippen molar-refractivity contribution in [3.63, 3.8) is 0 Å². The van der Waals surface area contributed by atoms with Gasteiger partial charge in [-0.25, -0.2) is 0 Å². The molecule has 1 N–H and O–H groups in total. The fraction of sp³-hybridized carbons (Fsp3) is 0.600. The smallest absolute Gasteiger partial charge is 0.175 e. The van der Waals surface area contributed by atoms with Crippen molar-refractivity contribution in [1.82, 2.24) is 5.32 Å². The fourth-order valence-corrected chi connectivity index (χ4v) is 3.01. The summed E-state index contributed by atoms with van der Waals surface area (Å²) in [5.41, 5.74) is 1.22. The lowest BCUT2D eigenvalue weighted by atomic mass is 10.2. The van der Waals surface area contributed by atoms with E-state index in [4.69, 9.17) is 9.47 Å². The van der Waals surface area contributed by atoms with Crippen LogP contribution < -0.4 is 14.8 Å². The highest BCUT2D eigenvalue weighted by Gasteiger charge is 2.20. The monoisotopic (exact) mass is 359 g/mol. The minimum Gasteiger partial charge on any atom is -0.493 e. The van der Waals surface area contributed by atoms with Crippen LogP contribution in [0.25, 0.3) is 0 Å². The minimum atomic E-state index is 0.702. The van der Waals surface area contributed by atoms with E-state index in [1.54, 1.807) is 7.11 Å². The quantitative estimate of drug-likeness (QED) is 0.678. The van der Waals surface area contributed by atoms with Crippen LogP contribution in [0.15, 0.2) is 16.6 Å². The van der Waals surface area contributed by atoms with E-state index in [0.29, 0.717) is 12.6 Å². The number of halogens is 1. The molecular formula is C15H22BrNO2S. The van der Waals surface area contributed by atoms with Gasteiger partial charge in [0.25, 0.3) is 0 Å². The standard InChI is InChI=1S/C15H22BrNO2S/c1-3-20-7-6-19-15-13(16)8-11(9-14(15)18-2)10-17-12-4-5-12/h8-9,12,17H,3-7,10H2,1-2H3. The van der Waals surface area contributed by atoms with Gasteiger partial charge in [0.1, 0.15) is 0 Å². The van der Waals surface area contributed by atoms with Crippen LogP contribution in [0.1, 0.15) is 25.3 Å². The van der Waals surface area contributed by atoms with Crippen LogP contribution in [-0.4, -0.2) is 31.3 Å². The molecule has 0 bridgehead atoms. The van der Waals surface area contributed by atoms with Crippen molar-refractivity contribution < 1.29 is 9.47 Å². The van der Waals surface area contributed by atoms with Gasteiger partial charge in [0.15, 0.2) is 11.5 Å². The van der Waals surface area contributed by atoms with Crippen molar-refractivity contribution >= 4 is 27.7 Å². The van der Waals surface area contributed by atoms with Gasteiger partial charge in [0.2, 0.25) is 0 Å². The van der Waals surface area contributed by atoms with Crippen LogP contribution in [0.5, 0.6) is 11.5 Å². The van der Waals surface area contributed by atoms with E-state index in [1.807, 2.05) is 11.8 Å². The molecule has 1 saturated carbocycles. The number of nitrogens with one attached hydrogen (secondary N) is 1. The molecular weight excluding hydrogens is 338 g/mol. The summed E-state index contributed by atoms with van der Waals surface area (Å²) < 4.78 is 12.3. The van der Waals surface area contributed by atoms with Gasteiger partial charge in [-0.05, 0) is 52.2 Å². The Morgan fingerprint density at radius 1 is 1.40 bits per heavy atom. The molecule has 0 amide bonds.